The lowest BCUT2D eigenvalue weighted by atomic mass is 10.2. The molecule has 17 heavy (non-hydrogen) atoms. The number of aromatic nitrogens is 1. The fourth-order valence-corrected chi connectivity index (χ4v) is 2.82. The predicted molar refractivity (Wildman–Crippen MR) is 75.0 cm³/mol. The maximum atomic E-state index is 8.98. The lowest BCUT2D eigenvalue weighted by Gasteiger charge is -2.13. The van der Waals surface area contributed by atoms with E-state index in [0.717, 1.165) is 21.7 Å². The SMILES string of the molecule is CC(C)NC(C#N)CCSc1ncccc1Br. The summed E-state index contributed by atoms with van der Waals surface area (Å²) in [6, 6.07) is 6.41. The number of hydrogen-bond acceptors (Lipinski definition) is 4. The Morgan fingerprint density at radius 1 is 1.59 bits per heavy atom. The number of thioether (sulfide) groups is 1. The molecule has 1 aromatic heterocycles. The molecule has 3 nitrogen and oxygen atoms in total. The third-order valence-electron chi connectivity index (χ3n) is 2.06. The maximum Gasteiger partial charge on any atom is 0.110 e. The summed E-state index contributed by atoms with van der Waals surface area (Å²) >= 11 is 5.13. The quantitative estimate of drug-likeness (QED) is 0.819. The number of rotatable bonds is 6. The molecule has 1 N–H and O–H groups in total. The fourth-order valence-electron chi connectivity index (χ4n) is 1.34. The molecule has 0 spiro atoms. The number of pyridine rings is 1. The second-order valence-electron chi connectivity index (χ2n) is 3.93. The van der Waals surface area contributed by atoms with Crippen molar-refractivity contribution in [2.24, 2.45) is 0 Å². The zero-order valence-corrected chi connectivity index (χ0v) is 12.4. The van der Waals surface area contributed by atoms with Gasteiger partial charge in [-0.25, -0.2) is 4.98 Å². The number of halogens is 1. The molecule has 0 saturated carbocycles. The summed E-state index contributed by atoms with van der Waals surface area (Å²) in [5.41, 5.74) is 0. The first-order chi connectivity index (χ1) is 8.13. The molecule has 0 aromatic carbocycles. The molecule has 1 rings (SSSR count). The van der Waals surface area contributed by atoms with E-state index in [-0.39, 0.29) is 6.04 Å². The summed E-state index contributed by atoms with van der Waals surface area (Å²) in [6.07, 6.45) is 2.60. The van der Waals surface area contributed by atoms with Crippen LogP contribution >= 0.6 is 27.7 Å². The Morgan fingerprint density at radius 3 is 2.94 bits per heavy atom. The van der Waals surface area contributed by atoms with Crippen LogP contribution in [-0.2, 0) is 0 Å². The Labute approximate surface area is 115 Å². The van der Waals surface area contributed by atoms with Crippen LogP contribution in [-0.4, -0.2) is 22.8 Å². The minimum Gasteiger partial charge on any atom is -0.300 e. The van der Waals surface area contributed by atoms with Crippen LogP contribution in [0, 0.1) is 11.3 Å². The first kappa shape index (κ1) is 14.5. The Balaban J connectivity index is 2.37. The molecule has 1 heterocycles. The third-order valence-corrected chi connectivity index (χ3v) is 4.00. The molecule has 1 unspecified atom stereocenters. The smallest absolute Gasteiger partial charge is 0.110 e. The summed E-state index contributed by atoms with van der Waals surface area (Å²) in [5, 5.41) is 13.2. The van der Waals surface area contributed by atoms with E-state index in [4.69, 9.17) is 5.26 Å². The van der Waals surface area contributed by atoms with E-state index < -0.39 is 0 Å². The van der Waals surface area contributed by atoms with Crippen LogP contribution in [0.25, 0.3) is 0 Å². The highest BCUT2D eigenvalue weighted by Crippen LogP contribution is 2.25. The van der Waals surface area contributed by atoms with Gasteiger partial charge in [0.05, 0.1) is 12.1 Å². The van der Waals surface area contributed by atoms with Crippen LogP contribution in [0.5, 0.6) is 0 Å². The summed E-state index contributed by atoms with van der Waals surface area (Å²) in [7, 11) is 0. The van der Waals surface area contributed by atoms with Gasteiger partial charge in [0.2, 0.25) is 0 Å². The van der Waals surface area contributed by atoms with Gasteiger partial charge in [-0.1, -0.05) is 0 Å². The predicted octanol–water partition coefficient (Wildman–Crippen LogP) is 3.22. The monoisotopic (exact) mass is 313 g/mol. The zero-order chi connectivity index (χ0) is 12.7. The van der Waals surface area contributed by atoms with Crippen LogP contribution in [0.4, 0.5) is 0 Å². The Hall–Kier alpha value is -0.570. The van der Waals surface area contributed by atoms with Crippen LogP contribution in [0.2, 0.25) is 0 Å². The van der Waals surface area contributed by atoms with Crippen molar-refractivity contribution < 1.29 is 0 Å². The van der Waals surface area contributed by atoms with Gasteiger partial charge >= 0.3 is 0 Å². The molecule has 1 aromatic rings. The highest BCUT2D eigenvalue weighted by Gasteiger charge is 2.09. The Bertz CT molecular complexity index is 390. The molecule has 0 aliphatic carbocycles. The Morgan fingerprint density at radius 2 is 2.35 bits per heavy atom. The standard InChI is InChI=1S/C12H16BrN3S/c1-9(2)16-10(8-14)5-7-17-12-11(13)4-3-6-15-12/h3-4,6,9-10,16H,5,7H2,1-2H3. The highest BCUT2D eigenvalue weighted by atomic mass is 79.9. The van der Waals surface area contributed by atoms with E-state index in [9.17, 15) is 0 Å². The highest BCUT2D eigenvalue weighted by molar-refractivity contribution is 9.10. The van der Waals surface area contributed by atoms with Crippen molar-refractivity contribution in [2.45, 2.75) is 37.4 Å². The van der Waals surface area contributed by atoms with E-state index in [1.165, 1.54) is 0 Å². The van der Waals surface area contributed by atoms with E-state index in [1.807, 2.05) is 26.0 Å². The molecule has 0 saturated heterocycles. The zero-order valence-electron chi connectivity index (χ0n) is 9.98. The maximum absolute atomic E-state index is 8.98. The first-order valence-electron chi connectivity index (χ1n) is 5.52. The van der Waals surface area contributed by atoms with Gasteiger partial charge < -0.3 is 0 Å². The molecule has 0 aliphatic rings. The Kier molecular flexibility index (Phi) is 6.56. The summed E-state index contributed by atoms with van der Waals surface area (Å²) in [5.74, 6) is 0.882. The lowest BCUT2D eigenvalue weighted by Crippen LogP contribution is -2.33. The van der Waals surface area contributed by atoms with Gasteiger partial charge in [-0.2, -0.15) is 5.26 Å². The van der Waals surface area contributed by atoms with Gasteiger partial charge in [0.1, 0.15) is 5.03 Å². The van der Waals surface area contributed by atoms with Crippen molar-refractivity contribution >= 4 is 27.7 Å². The molecule has 0 bridgehead atoms. The van der Waals surface area contributed by atoms with E-state index in [0.29, 0.717) is 6.04 Å². The van der Waals surface area contributed by atoms with Gasteiger partial charge in [-0.05, 0) is 48.3 Å². The summed E-state index contributed by atoms with van der Waals surface area (Å²) in [4.78, 5) is 4.27. The number of nitrogens with one attached hydrogen (secondary N) is 1. The average molecular weight is 314 g/mol. The summed E-state index contributed by atoms with van der Waals surface area (Å²) < 4.78 is 1.01. The van der Waals surface area contributed by atoms with Crippen molar-refractivity contribution in [3.8, 4) is 6.07 Å². The van der Waals surface area contributed by atoms with Crippen molar-refractivity contribution in [1.82, 2.24) is 10.3 Å². The van der Waals surface area contributed by atoms with Gasteiger partial charge in [-0.3, -0.25) is 5.32 Å². The van der Waals surface area contributed by atoms with Crippen molar-refractivity contribution in [3.05, 3.63) is 22.8 Å². The molecule has 0 amide bonds. The number of hydrogen-bond donors (Lipinski definition) is 1. The molecule has 5 heteroatoms. The first-order valence-corrected chi connectivity index (χ1v) is 7.30. The number of nitriles is 1. The summed E-state index contributed by atoms with van der Waals surface area (Å²) in [6.45, 7) is 4.10. The minimum absolute atomic E-state index is 0.0787. The van der Waals surface area contributed by atoms with Crippen LogP contribution in [0.3, 0.4) is 0 Å². The van der Waals surface area contributed by atoms with Gasteiger partial charge in [0.25, 0.3) is 0 Å². The lowest BCUT2D eigenvalue weighted by molar-refractivity contribution is 0.522. The van der Waals surface area contributed by atoms with Crippen LogP contribution in [0.1, 0.15) is 20.3 Å². The molecule has 92 valence electrons. The van der Waals surface area contributed by atoms with Crippen molar-refractivity contribution in [2.75, 3.05) is 5.75 Å². The van der Waals surface area contributed by atoms with Gasteiger partial charge in [0.15, 0.2) is 0 Å². The van der Waals surface area contributed by atoms with Crippen LogP contribution in [0.15, 0.2) is 27.8 Å². The topological polar surface area (TPSA) is 48.7 Å². The molecular formula is C12H16BrN3S. The molecule has 1 atom stereocenters. The van der Waals surface area contributed by atoms with Crippen LogP contribution < -0.4 is 5.32 Å². The van der Waals surface area contributed by atoms with Crippen molar-refractivity contribution in [3.63, 3.8) is 0 Å². The van der Waals surface area contributed by atoms with Gasteiger partial charge in [0, 0.05) is 22.5 Å². The van der Waals surface area contributed by atoms with Crippen molar-refractivity contribution in [1.29, 1.82) is 5.26 Å². The minimum atomic E-state index is -0.0787. The fraction of sp³-hybridized carbons (Fsp3) is 0.500. The van der Waals surface area contributed by atoms with E-state index in [2.05, 4.69) is 32.3 Å². The molecule has 0 fully saturated rings. The number of nitrogens with zero attached hydrogens (tertiary/aromatic N) is 2. The molecular weight excluding hydrogens is 298 g/mol. The molecule has 0 radical (unpaired) electrons. The van der Waals surface area contributed by atoms with E-state index in [1.54, 1.807) is 18.0 Å². The molecule has 0 aliphatic heterocycles. The second kappa shape index (κ2) is 7.70. The average Bonchev–Trinajstić information content (AvgIpc) is 2.29. The third kappa shape index (κ3) is 5.53. The normalized spacial score (nSPS) is 12.4. The largest absolute Gasteiger partial charge is 0.300 e. The second-order valence-corrected chi connectivity index (χ2v) is 5.87. The van der Waals surface area contributed by atoms with E-state index >= 15 is 0 Å². The van der Waals surface area contributed by atoms with Gasteiger partial charge in [-0.15, -0.1) is 11.8 Å².